The molecule has 1 aliphatic rings. The van der Waals surface area contributed by atoms with Gasteiger partial charge >= 0.3 is 6.09 Å². The number of anilines is 1. The molecule has 1 heterocycles. The van der Waals surface area contributed by atoms with Gasteiger partial charge in [0.15, 0.2) is 0 Å². The third-order valence-electron chi connectivity index (χ3n) is 4.75. The monoisotopic (exact) mass is 395 g/mol. The number of para-hydroxylation sites is 1. The van der Waals surface area contributed by atoms with E-state index >= 15 is 0 Å². The largest absolute Gasteiger partial charge is 0.444 e. The molecule has 2 amide bonds. The molecule has 0 bridgehead atoms. The number of hydrogen-bond donors (Lipinski definition) is 1. The molecule has 0 saturated carbocycles. The van der Waals surface area contributed by atoms with Gasteiger partial charge in [0, 0.05) is 31.9 Å². The number of nitrogens with one attached hydrogen (secondary N) is 1. The third kappa shape index (κ3) is 5.73. The van der Waals surface area contributed by atoms with E-state index in [4.69, 9.17) is 4.74 Å². The summed E-state index contributed by atoms with van der Waals surface area (Å²) in [6, 6.07) is 18.7. The maximum absolute atomic E-state index is 13.3. The number of amides is 2. The number of ether oxygens (including phenoxy) is 1. The zero-order chi connectivity index (χ0) is 20.9. The lowest BCUT2D eigenvalue weighted by Gasteiger charge is -2.37. The van der Waals surface area contributed by atoms with Gasteiger partial charge in [0.05, 0.1) is 0 Å². The predicted octanol–water partition coefficient (Wildman–Crippen LogP) is 3.60. The van der Waals surface area contributed by atoms with Gasteiger partial charge in [0.25, 0.3) is 0 Å². The maximum atomic E-state index is 13.3. The number of nitrogens with zero attached hydrogens (tertiary/aromatic N) is 2. The molecule has 29 heavy (non-hydrogen) atoms. The second-order valence-corrected chi connectivity index (χ2v) is 8.14. The molecular weight excluding hydrogens is 366 g/mol. The molecule has 154 valence electrons. The van der Waals surface area contributed by atoms with E-state index in [1.807, 2.05) is 53.4 Å². The number of carbonyl (C=O) groups excluding carboxylic acids is 2. The Morgan fingerprint density at radius 2 is 1.45 bits per heavy atom. The Bertz CT molecular complexity index is 810. The van der Waals surface area contributed by atoms with Crippen molar-refractivity contribution in [2.75, 3.05) is 31.1 Å². The lowest BCUT2D eigenvalue weighted by Crippen LogP contribution is -2.52. The average Bonchev–Trinajstić information content (AvgIpc) is 2.72. The SMILES string of the molecule is CC(C)(C)OC(=O)NC(C(=O)N1CCN(c2ccccc2)CC1)c1ccccc1. The molecular formula is C23H29N3O3. The maximum Gasteiger partial charge on any atom is 0.408 e. The molecule has 2 aromatic rings. The molecule has 0 spiro atoms. The van der Waals surface area contributed by atoms with Crippen LogP contribution in [0.4, 0.5) is 10.5 Å². The van der Waals surface area contributed by atoms with Gasteiger partial charge in [-0.1, -0.05) is 48.5 Å². The van der Waals surface area contributed by atoms with Crippen LogP contribution in [0.1, 0.15) is 32.4 Å². The van der Waals surface area contributed by atoms with E-state index < -0.39 is 17.7 Å². The molecule has 0 aromatic heterocycles. The minimum Gasteiger partial charge on any atom is -0.444 e. The van der Waals surface area contributed by atoms with Gasteiger partial charge in [0.2, 0.25) is 5.91 Å². The molecule has 6 heteroatoms. The van der Waals surface area contributed by atoms with E-state index in [-0.39, 0.29) is 5.91 Å². The molecule has 3 rings (SSSR count). The number of rotatable bonds is 4. The van der Waals surface area contributed by atoms with Crippen molar-refractivity contribution in [3.8, 4) is 0 Å². The van der Waals surface area contributed by atoms with Crippen LogP contribution >= 0.6 is 0 Å². The van der Waals surface area contributed by atoms with Crippen molar-refractivity contribution in [3.63, 3.8) is 0 Å². The summed E-state index contributed by atoms with van der Waals surface area (Å²) in [5.41, 5.74) is 1.27. The molecule has 1 unspecified atom stereocenters. The van der Waals surface area contributed by atoms with Crippen LogP contribution in [0.5, 0.6) is 0 Å². The van der Waals surface area contributed by atoms with Crippen LogP contribution in [0.3, 0.4) is 0 Å². The summed E-state index contributed by atoms with van der Waals surface area (Å²) in [4.78, 5) is 29.7. The Morgan fingerprint density at radius 1 is 0.897 bits per heavy atom. The van der Waals surface area contributed by atoms with Gasteiger partial charge in [-0.3, -0.25) is 4.79 Å². The molecule has 6 nitrogen and oxygen atoms in total. The lowest BCUT2D eigenvalue weighted by atomic mass is 10.1. The lowest BCUT2D eigenvalue weighted by molar-refractivity contribution is -0.134. The van der Waals surface area contributed by atoms with Crippen LogP contribution in [-0.2, 0) is 9.53 Å². The van der Waals surface area contributed by atoms with Crippen molar-refractivity contribution >= 4 is 17.7 Å². The van der Waals surface area contributed by atoms with E-state index in [1.54, 1.807) is 20.8 Å². The van der Waals surface area contributed by atoms with Crippen LogP contribution in [-0.4, -0.2) is 48.7 Å². The number of alkyl carbamates (subject to hydrolysis) is 1. The minimum absolute atomic E-state index is 0.116. The zero-order valence-corrected chi connectivity index (χ0v) is 17.3. The Labute approximate surface area is 172 Å². The van der Waals surface area contributed by atoms with Crippen molar-refractivity contribution in [1.82, 2.24) is 10.2 Å². The summed E-state index contributed by atoms with van der Waals surface area (Å²) < 4.78 is 5.37. The fraction of sp³-hybridized carbons (Fsp3) is 0.391. The standard InChI is InChI=1S/C23H29N3O3/c1-23(2,3)29-22(28)24-20(18-10-6-4-7-11-18)21(27)26-16-14-25(15-17-26)19-12-8-5-9-13-19/h4-13,20H,14-17H2,1-3H3,(H,24,28). The predicted molar refractivity (Wildman–Crippen MR) is 114 cm³/mol. The van der Waals surface area contributed by atoms with Gasteiger partial charge < -0.3 is 19.9 Å². The fourth-order valence-corrected chi connectivity index (χ4v) is 3.36. The number of piperazine rings is 1. The topological polar surface area (TPSA) is 61.9 Å². The molecule has 1 N–H and O–H groups in total. The fourth-order valence-electron chi connectivity index (χ4n) is 3.36. The molecule has 2 aromatic carbocycles. The van der Waals surface area contributed by atoms with Gasteiger partial charge in [-0.2, -0.15) is 0 Å². The summed E-state index contributed by atoms with van der Waals surface area (Å²) in [7, 11) is 0. The highest BCUT2D eigenvalue weighted by atomic mass is 16.6. The first-order valence-electron chi connectivity index (χ1n) is 9.97. The highest BCUT2D eigenvalue weighted by molar-refractivity contribution is 5.87. The Hall–Kier alpha value is -3.02. The molecule has 0 radical (unpaired) electrons. The first kappa shape index (κ1) is 20.7. The Morgan fingerprint density at radius 3 is 2.00 bits per heavy atom. The van der Waals surface area contributed by atoms with Crippen LogP contribution in [0.25, 0.3) is 0 Å². The van der Waals surface area contributed by atoms with Crippen molar-refractivity contribution in [1.29, 1.82) is 0 Å². The average molecular weight is 396 g/mol. The molecule has 1 saturated heterocycles. The smallest absolute Gasteiger partial charge is 0.408 e. The van der Waals surface area contributed by atoms with E-state index in [0.717, 1.165) is 24.3 Å². The van der Waals surface area contributed by atoms with Crippen LogP contribution in [0.2, 0.25) is 0 Å². The molecule has 1 atom stereocenters. The minimum atomic E-state index is -0.769. The van der Waals surface area contributed by atoms with Crippen molar-refractivity contribution in [2.24, 2.45) is 0 Å². The van der Waals surface area contributed by atoms with Crippen LogP contribution in [0.15, 0.2) is 60.7 Å². The molecule has 1 fully saturated rings. The first-order chi connectivity index (χ1) is 13.8. The van der Waals surface area contributed by atoms with Gasteiger partial charge in [-0.25, -0.2) is 4.79 Å². The van der Waals surface area contributed by atoms with E-state index in [9.17, 15) is 9.59 Å². The van der Waals surface area contributed by atoms with E-state index in [1.165, 1.54) is 0 Å². The Kier molecular flexibility index (Phi) is 6.42. The summed E-state index contributed by atoms with van der Waals surface area (Å²) >= 11 is 0. The van der Waals surface area contributed by atoms with E-state index in [2.05, 4.69) is 22.3 Å². The summed E-state index contributed by atoms with van der Waals surface area (Å²) in [6.07, 6.45) is -0.595. The zero-order valence-electron chi connectivity index (χ0n) is 17.3. The van der Waals surface area contributed by atoms with Crippen molar-refractivity contribution in [3.05, 3.63) is 66.2 Å². The number of hydrogen-bond acceptors (Lipinski definition) is 4. The molecule has 0 aliphatic carbocycles. The summed E-state index contributed by atoms with van der Waals surface area (Å²) in [5, 5.41) is 2.76. The van der Waals surface area contributed by atoms with E-state index in [0.29, 0.717) is 13.1 Å². The summed E-state index contributed by atoms with van der Waals surface area (Å²) in [6.45, 7) is 8.12. The quantitative estimate of drug-likeness (QED) is 0.859. The second-order valence-electron chi connectivity index (χ2n) is 8.14. The van der Waals surface area contributed by atoms with Crippen LogP contribution in [0, 0.1) is 0 Å². The normalized spacial score (nSPS) is 15.6. The van der Waals surface area contributed by atoms with Crippen molar-refractivity contribution in [2.45, 2.75) is 32.4 Å². The van der Waals surface area contributed by atoms with Gasteiger partial charge in [-0.05, 0) is 38.5 Å². The van der Waals surface area contributed by atoms with Gasteiger partial charge in [0.1, 0.15) is 11.6 Å². The number of carbonyl (C=O) groups is 2. The van der Waals surface area contributed by atoms with Crippen molar-refractivity contribution < 1.29 is 14.3 Å². The van der Waals surface area contributed by atoms with Crippen LogP contribution < -0.4 is 10.2 Å². The molecule has 1 aliphatic heterocycles. The highest BCUT2D eigenvalue weighted by Gasteiger charge is 2.31. The second kappa shape index (κ2) is 8.99. The Balaban J connectivity index is 1.69. The highest BCUT2D eigenvalue weighted by Crippen LogP contribution is 2.20. The summed E-state index contributed by atoms with van der Waals surface area (Å²) in [5.74, 6) is -0.116. The van der Waals surface area contributed by atoms with Gasteiger partial charge in [-0.15, -0.1) is 0 Å². The third-order valence-corrected chi connectivity index (χ3v) is 4.75. The first-order valence-corrected chi connectivity index (χ1v) is 9.97. The number of benzene rings is 2.